The maximum Gasteiger partial charge on any atom is 0.490 e. The predicted molar refractivity (Wildman–Crippen MR) is 98.1 cm³/mol. The Kier molecular flexibility index (Phi) is 7.65. The highest BCUT2D eigenvalue weighted by molar-refractivity contribution is 7.86. The van der Waals surface area contributed by atoms with Crippen LogP contribution in [0.15, 0.2) is 12.3 Å². The van der Waals surface area contributed by atoms with Crippen molar-refractivity contribution in [3.63, 3.8) is 0 Å². The zero-order valence-corrected chi connectivity index (χ0v) is 17.2. The summed E-state index contributed by atoms with van der Waals surface area (Å²) in [6.07, 6.45) is -0.826. The van der Waals surface area contributed by atoms with Gasteiger partial charge in [-0.1, -0.05) is 0 Å². The first kappa shape index (κ1) is 23.6. The Labute approximate surface area is 167 Å². The third-order valence-electron chi connectivity index (χ3n) is 4.78. The molecule has 0 aliphatic carbocycles. The molecular formula is C16H26F3N5O4S. The van der Waals surface area contributed by atoms with Crippen LogP contribution in [0, 0.1) is 5.92 Å². The van der Waals surface area contributed by atoms with Gasteiger partial charge in [0.05, 0.1) is 12.2 Å². The number of alkyl halides is 3. The molecular weight excluding hydrogens is 415 g/mol. The third kappa shape index (κ3) is 6.39. The predicted octanol–water partition coefficient (Wildman–Crippen LogP) is 0.850. The topological polar surface area (TPSA) is 99.0 Å². The Morgan fingerprint density at radius 2 is 1.86 bits per heavy atom. The summed E-state index contributed by atoms with van der Waals surface area (Å²) in [7, 11) is -0.223. The average Bonchev–Trinajstić information content (AvgIpc) is 3.23. The standard InChI is InChI=1S/C14H25N5O2S.C2HF3O2/c1-16(2)22(20,21)18-10-13(9-17-7-3-4-8-17)11-19-14(12-18)5-6-15-19;3-2(4,5)1(6)7/h5-6,13H,3-4,7-12H2,1-2H3;(H,6,7). The van der Waals surface area contributed by atoms with Gasteiger partial charge in [-0.05, 0) is 32.0 Å². The number of carboxylic acid groups (broad SMARTS) is 1. The lowest BCUT2D eigenvalue weighted by atomic mass is 10.1. The highest BCUT2D eigenvalue weighted by atomic mass is 32.2. The summed E-state index contributed by atoms with van der Waals surface area (Å²) in [5, 5.41) is 11.5. The maximum atomic E-state index is 12.6. The van der Waals surface area contributed by atoms with E-state index in [1.807, 2.05) is 10.7 Å². The second-order valence-electron chi connectivity index (χ2n) is 7.26. The molecule has 1 fully saturated rings. The molecule has 9 nitrogen and oxygen atoms in total. The third-order valence-corrected chi connectivity index (χ3v) is 6.63. The molecule has 1 unspecified atom stereocenters. The Balaban J connectivity index is 0.000000370. The molecule has 29 heavy (non-hydrogen) atoms. The zero-order valence-electron chi connectivity index (χ0n) is 16.3. The van der Waals surface area contributed by atoms with E-state index in [1.54, 1.807) is 24.6 Å². The number of hydrogen-bond donors (Lipinski definition) is 1. The summed E-state index contributed by atoms with van der Waals surface area (Å²) in [5.74, 6) is -2.48. The molecule has 0 amide bonds. The first-order valence-corrected chi connectivity index (χ1v) is 10.5. The molecule has 13 heteroatoms. The minimum Gasteiger partial charge on any atom is -0.475 e. The van der Waals surface area contributed by atoms with Gasteiger partial charge < -0.3 is 10.0 Å². The van der Waals surface area contributed by atoms with E-state index in [0.717, 1.165) is 31.9 Å². The number of carbonyl (C=O) groups is 1. The van der Waals surface area contributed by atoms with Crippen molar-refractivity contribution in [3.05, 3.63) is 18.0 Å². The Hall–Kier alpha value is -1.70. The van der Waals surface area contributed by atoms with E-state index in [2.05, 4.69) is 10.00 Å². The van der Waals surface area contributed by atoms with Gasteiger partial charge in [0.15, 0.2) is 0 Å². The maximum absolute atomic E-state index is 12.6. The van der Waals surface area contributed by atoms with Crippen molar-refractivity contribution in [3.8, 4) is 0 Å². The average molecular weight is 441 g/mol. The van der Waals surface area contributed by atoms with Crippen LogP contribution in [0.3, 0.4) is 0 Å². The SMILES string of the molecule is CN(C)S(=O)(=O)N1Cc2ccnn2CC(CN2CCCC2)C1.O=C(O)C(F)(F)F. The van der Waals surface area contributed by atoms with Crippen LogP contribution in [0.5, 0.6) is 0 Å². The van der Waals surface area contributed by atoms with Crippen molar-refractivity contribution in [2.24, 2.45) is 5.92 Å². The summed E-state index contributed by atoms with van der Waals surface area (Å²) < 4.78 is 61.7. The van der Waals surface area contributed by atoms with Crippen LogP contribution in [0.1, 0.15) is 18.5 Å². The number of carboxylic acids is 1. The lowest BCUT2D eigenvalue weighted by Gasteiger charge is -2.28. The Morgan fingerprint density at radius 3 is 2.38 bits per heavy atom. The van der Waals surface area contributed by atoms with Crippen LogP contribution >= 0.6 is 0 Å². The van der Waals surface area contributed by atoms with Crippen LogP contribution in [0.4, 0.5) is 13.2 Å². The summed E-state index contributed by atoms with van der Waals surface area (Å²) in [5.41, 5.74) is 0.967. The second-order valence-corrected chi connectivity index (χ2v) is 9.41. The molecule has 0 saturated carbocycles. The summed E-state index contributed by atoms with van der Waals surface area (Å²) in [6, 6.07) is 1.91. The van der Waals surface area contributed by atoms with Crippen LogP contribution in [-0.4, -0.2) is 89.2 Å². The number of rotatable bonds is 4. The fraction of sp³-hybridized carbons (Fsp3) is 0.750. The highest BCUT2D eigenvalue weighted by Gasteiger charge is 2.38. The normalized spacial score (nSPS) is 21.4. The molecule has 3 rings (SSSR count). The number of aromatic nitrogens is 2. The van der Waals surface area contributed by atoms with Crippen molar-refractivity contribution < 1.29 is 31.5 Å². The minimum atomic E-state index is -5.08. The van der Waals surface area contributed by atoms with E-state index in [9.17, 15) is 21.6 Å². The molecule has 0 radical (unpaired) electrons. The molecule has 1 aromatic heterocycles. The van der Waals surface area contributed by atoms with E-state index < -0.39 is 22.4 Å². The molecule has 166 valence electrons. The molecule has 1 N–H and O–H groups in total. The Bertz CT molecular complexity index is 791. The number of hydrogen-bond acceptors (Lipinski definition) is 5. The van der Waals surface area contributed by atoms with Gasteiger partial charge in [0, 0.05) is 45.8 Å². The van der Waals surface area contributed by atoms with Gasteiger partial charge in [-0.25, -0.2) is 4.79 Å². The molecule has 1 aromatic rings. The van der Waals surface area contributed by atoms with Crippen LogP contribution in [-0.2, 0) is 28.1 Å². The highest BCUT2D eigenvalue weighted by Crippen LogP contribution is 2.21. The molecule has 3 heterocycles. The molecule has 0 spiro atoms. The summed E-state index contributed by atoms with van der Waals surface area (Å²) in [4.78, 5) is 11.3. The van der Waals surface area contributed by atoms with E-state index >= 15 is 0 Å². The molecule has 1 atom stereocenters. The first-order chi connectivity index (χ1) is 13.4. The van der Waals surface area contributed by atoms with E-state index in [1.165, 1.54) is 17.1 Å². The summed E-state index contributed by atoms with van der Waals surface area (Å²) in [6.45, 7) is 4.94. The lowest BCUT2D eigenvalue weighted by Crippen LogP contribution is -2.43. The number of likely N-dealkylation sites (tertiary alicyclic amines) is 1. The Morgan fingerprint density at radius 1 is 1.28 bits per heavy atom. The van der Waals surface area contributed by atoms with Gasteiger partial charge in [-0.15, -0.1) is 0 Å². The van der Waals surface area contributed by atoms with Crippen molar-refractivity contribution >= 4 is 16.2 Å². The monoisotopic (exact) mass is 441 g/mol. The summed E-state index contributed by atoms with van der Waals surface area (Å²) >= 11 is 0. The van der Waals surface area contributed by atoms with Gasteiger partial charge >= 0.3 is 12.1 Å². The van der Waals surface area contributed by atoms with Gasteiger partial charge in [0.2, 0.25) is 0 Å². The second kappa shape index (κ2) is 9.41. The van der Waals surface area contributed by atoms with Crippen LogP contribution in [0.2, 0.25) is 0 Å². The number of halogens is 3. The van der Waals surface area contributed by atoms with Crippen molar-refractivity contribution in [1.29, 1.82) is 0 Å². The van der Waals surface area contributed by atoms with Crippen molar-refractivity contribution in [1.82, 2.24) is 23.3 Å². The minimum absolute atomic E-state index is 0.272. The number of aliphatic carboxylic acids is 1. The number of nitrogens with zero attached hydrogens (tertiary/aromatic N) is 5. The van der Waals surface area contributed by atoms with Crippen LogP contribution in [0.25, 0.3) is 0 Å². The van der Waals surface area contributed by atoms with E-state index in [0.29, 0.717) is 13.1 Å². The molecule has 2 aliphatic rings. The fourth-order valence-electron chi connectivity index (χ4n) is 3.35. The van der Waals surface area contributed by atoms with Crippen molar-refractivity contribution in [2.75, 3.05) is 40.3 Å². The largest absolute Gasteiger partial charge is 0.490 e. The van der Waals surface area contributed by atoms with Gasteiger partial charge in [0.1, 0.15) is 0 Å². The molecule has 2 aliphatic heterocycles. The smallest absolute Gasteiger partial charge is 0.475 e. The first-order valence-electron chi connectivity index (χ1n) is 9.12. The van der Waals surface area contributed by atoms with Gasteiger partial charge in [-0.3, -0.25) is 4.68 Å². The zero-order chi connectivity index (χ0) is 21.8. The van der Waals surface area contributed by atoms with Crippen LogP contribution < -0.4 is 0 Å². The quantitative estimate of drug-likeness (QED) is 0.744. The lowest BCUT2D eigenvalue weighted by molar-refractivity contribution is -0.192. The van der Waals surface area contributed by atoms with E-state index in [4.69, 9.17) is 9.90 Å². The van der Waals surface area contributed by atoms with Crippen molar-refractivity contribution in [2.45, 2.75) is 32.1 Å². The molecule has 1 saturated heterocycles. The molecule has 0 bridgehead atoms. The number of fused-ring (bicyclic) bond motifs is 1. The van der Waals surface area contributed by atoms with E-state index in [-0.39, 0.29) is 5.92 Å². The van der Waals surface area contributed by atoms with Gasteiger partial charge in [-0.2, -0.15) is 35.3 Å². The fourth-order valence-corrected chi connectivity index (χ4v) is 4.50. The van der Waals surface area contributed by atoms with Gasteiger partial charge in [0.25, 0.3) is 10.2 Å². The molecule has 0 aromatic carbocycles.